The Hall–Kier alpha value is -5.48. The lowest BCUT2D eigenvalue weighted by Gasteiger charge is -2.40. The Kier molecular flexibility index (Phi) is 4.92. The summed E-state index contributed by atoms with van der Waals surface area (Å²) in [6.45, 7) is 3.91. The van der Waals surface area contributed by atoms with Crippen molar-refractivity contribution in [2.75, 3.05) is 9.80 Å². The fourth-order valence-electron chi connectivity index (χ4n) is 6.63. The van der Waals surface area contributed by atoms with Crippen molar-refractivity contribution in [2.45, 2.75) is 19.6 Å². The van der Waals surface area contributed by atoms with Crippen LogP contribution in [0, 0.1) is 0 Å². The Morgan fingerprint density at radius 3 is 1.16 bits per heavy atom. The summed E-state index contributed by atoms with van der Waals surface area (Å²) in [5.74, 6) is 0.754. The van der Waals surface area contributed by atoms with E-state index in [-0.39, 0.29) is 0 Å². The third-order valence-electron chi connectivity index (χ3n) is 8.54. The van der Waals surface area contributed by atoms with Gasteiger partial charge in [-0.3, -0.25) is 0 Å². The van der Waals surface area contributed by atoms with E-state index in [1.165, 1.54) is 32.3 Å². The number of anilines is 6. The zero-order chi connectivity index (χ0) is 28.7. The van der Waals surface area contributed by atoms with Crippen molar-refractivity contribution in [3.63, 3.8) is 0 Å². The predicted octanol–water partition coefficient (Wildman–Crippen LogP) is 10.9. The van der Waals surface area contributed by atoms with Crippen LogP contribution in [-0.4, -0.2) is 5.79 Å². The molecule has 2 aliphatic heterocycles. The molecule has 2 heterocycles. The summed E-state index contributed by atoms with van der Waals surface area (Å²) in [5.41, 5.74) is 6.46. The molecule has 0 bridgehead atoms. The number of ether oxygens (including phenoxy) is 2. The molecule has 0 unspecified atom stereocenters. The van der Waals surface area contributed by atoms with Gasteiger partial charge >= 0.3 is 0 Å². The summed E-state index contributed by atoms with van der Waals surface area (Å²) in [6.07, 6.45) is 0. The van der Waals surface area contributed by atoms with Crippen molar-refractivity contribution in [3.8, 4) is 11.5 Å². The highest BCUT2D eigenvalue weighted by molar-refractivity contribution is 6.08. The Balaban J connectivity index is 1.37. The molecule has 43 heavy (non-hydrogen) atoms. The second kappa shape index (κ2) is 8.76. The summed E-state index contributed by atoms with van der Waals surface area (Å²) in [6, 6.07) is 47.9. The van der Waals surface area contributed by atoms with Crippen LogP contribution in [0.1, 0.15) is 13.8 Å². The molecule has 7 aromatic rings. The quantitative estimate of drug-likeness (QED) is 0.211. The summed E-state index contributed by atoms with van der Waals surface area (Å²) >= 11 is 0. The molecule has 0 N–H and O–H groups in total. The van der Waals surface area contributed by atoms with Gasteiger partial charge in [-0.1, -0.05) is 84.9 Å². The molecule has 0 fully saturated rings. The maximum absolute atomic E-state index is 6.30. The molecule has 0 amide bonds. The molecule has 4 nitrogen and oxygen atoms in total. The van der Waals surface area contributed by atoms with Gasteiger partial charge in [-0.05, 0) is 68.7 Å². The molecule has 9 rings (SSSR count). The molecule has 206 valence electrons. The minimum atomic E-state index is -0.741. The lowest BCUT2D eigenvalue weighted by atomic mass is 9.99. The molecular formula is C39H28N2O2. The summed E-state index contributed by atoms with van der Waals surface area (Å²) in [7, 11) is 0. The van der Waals surface area contributed by atoms with Crippen LogP contribution in [0.3, 0.4) is 0 Å². The fourth-order valence-corrected chi connectivity index (χ4v) is 6.63. The van der Waals surface area contributed by atoms with Crippen molar-refractivity contribution in [1.29, 1.82) is 0 Å². The van der Waals surface area contributed by atoms with Gasteiger partial charge in [0.2, 0.25) is 5.79 Å². The van der Waals surface area contributed by atoms with Crippen molar-refractivity contribution < 1.29 is 9.47 Å². The Labute approximate surface area is 249 Å². The van der Waals surface area contributed by atoms with Gasteiger partial charge in [0.15, 0.2) is 11.5 Å². The van der Waals surface area contributed by atoms with E-state index in [0.717, 1.165) is 45.6 Å². The molecule has 0 atom stereocenters. The van der Waals surface area contributed by atoms with Crippen LogP contribution >= 0.6 is 0 Å². The number of hydrogen-bond acceptors (Lipinski definition) is 4. The van der Waals surface area contributed by atoms with Gasteiger partial charge in [0.05, 0.1) is 22.7 Å². The number of benzene rings is 7. The highest BCUT2D eigenvalue weighted by Gasteiger charge is 2.38. The number of nitrogens with zero attached hydrogens (tertiary/aromatic N) is 2. The molecule has 0 aromatic heterocycles. The Morgan fingerprint density at radius 2 is 0.744 bits per heavy atom. The van der Waals surface area contributed by atoms with Crippen LogP contribution in [0.25, 0.3) is 32.3 Å². The van der Waals surface area contributed by atoms with Crippen molar-refractivity contribution in [2.24, 2.45) is 0 Å². The van der Waals surface area contributed by atoms with E-state index in [0.29, 0.717) is 0 Å². The van der Waals surface area contributed by atoms with Gasteiger partial charge in [-0.2, -0.15) is 0 Å². The first-order valence-electron chi connectivity index (χ1n) is 14.7. The van der Waals surface area contributed by atoms with Crippen molar-refractivity contribution in [3.05, 3.63) is 133 Å². The molecule has 0 spiro atoms. The average Bonchev–Trinajstić information content (AvgIpc) is 3.34. The smallest absolute Gasteiger partial charge is 0.246 e. The maximum atomic E-state index is 6.30. The summed E-state index contributed by atoms with van der Waals surface area (Å²) < 4.78 is 12.6. The van der Waals surface area contributed by atoms with Crippen LogP contribution in [0.5, 0.6) is 11.5 Å². The standard InChI is InChI=1S/C39H28N2O2/c1-39(2)42-37-23-35-36(24-38(37)43-39)41(32-18-16-26-10-4-6-12-28(26)20-32)34-22-30-14-8-7-13-29(30)21-33(34)40(35)31-17-15-25-9-3-5-11-27(25)19-31/h3-24H,1-2H3. The average molecular weight is 557 g/mol. The highest BCUT2D eigenvalue weighted by atomic mass is 16.7. The predicted molar refractivity (Wildman–Crippen MR) is 177 cm³/mol. The highest BCUT2D eigenvalue weighted by Crippen LogP contribution is 2.59. The van der Waals surface area contributed by atoms with Crippen LogP contribution in [0.4, 0.5) is 34.1 Å². The Morgan fingerprint density at radius 1 is 0.395 bits per heavy atom. The minimum Gasteiger partial charge on any atom is -0.449 e. The van der Waals surface area contributed by atoms with E-state index in [4.69, 9.17) is 9.47 Å². The van der Waals surface area contributed by atoms with Crippen molar-refractivity contribution in [1.82, 2.24) is 0 Å². The van der Waals surface area contributed by atoms with E-state index < -0.39 is 5.79 Å². The SMILES string of the molecule is CC1(C)Oc2cc3c(cc2O1)N(c1ccc2ccccc2c1)c1cc2ccccc2cc1N3c1ccc2ccccc2c1. The lowest BCUT2D eigenvalue weighted by Crippen LogP contribution is -2.29. The van der Waals surface area contributed by atoms with E-state index in [1.807, 2.05) is 13.8 Å². The van der Waals surface area contributed by atoms with Gasteiger partial charge < -0.3 is 19.3 Å². The van der Waals surface area contributed by atoms with E-state index in [2.05, 4.69) is 143 Å². The van der Waals surface area contributed by atoms with Crippen LogP contribution in [0.15, 0.2) is 133 Å². The molecule has 0 saturated heterocycles. The number of rotatable bonds is 2. The summed E-state index contributed by atoms with van der Waals surface area (Å²) in [4.78, 5) is 4.74. The fraction of sp³-hybridized carbons (Fsp3) is 0.0769. The Bertz CT molecular complexity index is 2100. The van der Waals surface area contributed by atoms with Gasteiger partial charge in [-0.25, -0.2) is 0 Å². The van der Waals surface area contributed by atoms with Crippen LogP contribution in [0.2, 0.25) is 0 Å². The van der Waals surface area contributed by atoms with Crippen LogP contribution < -0.4 is 19.3 Å². The number of hydrogen-bond donors (Lipinski definition) is 0. The molecule has 0 aliphatic carbocycles. The van der Waals surface area contributed by atoms with Gasteiger partial charge in [-0.15, -0.1) is 0 Å². The zero-order valence-electron chi connectivity index (χ0n) is 23.9. The second-order valence-electron chi connectivity index (χ2n) is 11.8. The largest absolute Gasteiger partial charge is 0.449 e. The van der Waals surface area contributed by atoms with Gasteiger partial charge in [0, 0.05) is 37.4 Å². The zero-order valence-corrected chi connectivity index (χ0v) is 23.9. The molecule has 0 saturated carbocycles. The third kappa shape index (κ3) is 3.76. The first-order chi connectivity index (χ1) is 21.0. The molecule has 4 heteroatoms. The van der Waals surface area contributed by atoms with Gasteiger partial charge in [0.25, 0.3) is 0 Å². The van der Waals surface area contributed by atoms with E-state index in [1.54, 1.807) is 0 Å². The van der Waals surface area contributed by atoms with E-state index >= 15 is 0 Å². The minimum absolute atomic E-state index is 0.741. The van der Waals surface area contributed by atoms with Crippen molar-refractivity contribution >= 4 is 66.4 Å². The monoisotopic (exact) mass is 556 g/mol. The van der Waals surface area contributed by atoms with Crippen LogP contribution in [-0.2, 0) is 0 Å². The molecule has 2 aliphatic rings. The topological polar surface area (TPSA) is 24.9 Å². The normalized spacial score (nSPS) is 14.7. The van der Waals surface area contributed by atoms with E-state index in [9.17, 15) is 0 Å². The lowest BCUT2D eigenvalue weighted by molar-refractivity contribution is -0.0431. The van der Waals surface area contributed by atoms with Gasteiger partial charge in [0.1, 0.15) is 0 Å². The molecular weight excluding hydrogens is 528 g/mol. The first kappa shape index (κ1) is 24.2. The first-order valence-corrected chi connectivity index (χ1v) is 14.7. The second-order valence-corrected chi connectivity index (χ2v) is 11.8. The maximum Gasteiger partial charge on any atom is 0.246 e. The summed E-state index contributed by atoms with van der Waals surface area (Å²) in [5, 5.41) is 7.21. The molecule has 7 aromatic carbocycles. The third-order valence-corrected chi connectivity index (χ3v) is 8.54. The molecule has 0 radical (unpaired) electrons. The number of fused-ring (bicyclic) bond motifs is 6.